The molecule has 0 aliphatic carbocycles. The molecule has 18 heavy (non-hydrogen) atoms. The topological polar surface area (TPSA) is 89.3 Å². The first-order valence-corrected chi connectivity index (χ1v) is 7.45. The van der Waals surface area contributed by atoms with Crippen LogP contribution in [0.1, 0.15) is 6.92 Å². The summed E-state index contributed by atoms with van der Waals surface area (Å²) >= 11 is 5.86. The summed E-state index contributed by atoms with van der Waals surface area (Å²) in [4.78, 5) is 11.8. The van der Waals surface area contributed by atoms with Gasteiger partial charge in [0, 0.05) is 6.54 Å². The number of para-hydroxylation sites is 1. The summed E-state index contributed by atoms with van der Waals surface area (Å²) in [7, 11) is -3.52. The molecule has 100 valence electrons. The van der Waals surface area contributed by atoms with Crippen LogP contribution in [-0.2, 0) is 14.6 Å². The van der Waals surface area contributed by atoms with Crippen LogP contribution in [0.5, 0.6) is 0 Å². The molecule has 0 saturated heterocycles. The minimum Gasteiger partial charge on any atom is -0.329 e. The second-order valence-corrected chi connectivity index (χ2v) is 6.62. The molecule has 0 saturated carbocycles. The highest BCUT2D eigenvalue weighted by atomic mass is 35.5. The molecule has 0 bridgehead atoms. The first-order chi connectivity index (χ1) is 8.38. The molecule has 1 unspecified atom stereocenters. The lowest BCUT2D eigenvalue weighted by atomic mass is 10.3. The summed E-state index contributed by atoms with van der Waals surface area (Å²) in [5, 5.41) is 1.68. The standard InChI is InChI=1S/C11H15ClN2O3S/c1-8(18(16,17)7-6-13)11(15)14-10-5-3-2-4-9(10)12/h2-5,8H,6-7,13H2,1H3,(H,14,15). The van der Waals surface area contributed by atoms with E-state index in [0.29, 0.717) is 10.7 Å². The highest BCUT2D eigenvalue weighted by Gasteiger charge is 2.27. The number of carbonyl (C=O) groups excluding carboxylic acids is 1. The van der Waals surface area contributed by atoms with Gasteiger partial charge in [-0.05, 0) is 19.1 Å². The average molecular weight is 291 g/mol. The summed E-state index contributed by atoms with van der Waals surface area (Å²) in [6, 6.07) is 6.62. The SMILES string of the molecule is CC(C(=O)Nc1ccccc1Cl)S(=O)(=O)CCN. The monoisotopic (exact) mass is 290 g/mol. The Morgan fingerprint density at radius 1 is 1.44 bits per heavy atom. The fourth-order valence-corrected chi connectivity index (χ4v) is 2.55. The zero-order valence-corrected chi connectivity index (χ0v) is 11.5. The number of halogens is 1. The summed E-state index contributed by atoms with van der Waals surface area (Å²) in [5.74, 6) is -0.832. The Hall–Kier alpha value is -1.11. The molecule has 5 nitrogen and oxygen atoms in total. The van der Waals surface area contributed by atoms with E-state index < -0.39 is 21.0 Å². The molecule has 0 aliphatic heterocycles. The smallest absolute Gasteiger partial charge is 0.242 e. The molecule has 0 aliphatic rings. The Balaban J connectivity index is 2.81. The molecule has 0 aromatic heterocycles. The van der Waals surface area contributed by atoms with E-state index in [1.54, 1.807) is 24.3 Å². The van der Waals surface area contributed by atoms with Gasteiger partial charge in [-0.2, -0.15) is 0 Å². The third kappa shape index (κ3) is 3.69. The van der Waals surface area contributed by atoms with E-state index in [2.05, 4.69) is 5.32 Å². The van der Waals surface area contributed by atoms with E-state index in [4.69, 9.17) is 17.3 Å². The lowest BCUT2D eigenvalue weighted by Crippen LogP contribution is -2.35. The largest absolute Gasteiger partial charge is 0.329 e. The van der Waals surface area contributed by atoms with Crippen LogP contribution >= 0.6 is 11.6 Å². The van der Waals surface area contributed by atoms with Crippen molar-refractivity contribution in [2.45, 2.75) is 12.2 Å². The van der Waals surface area contributed by atoms with Crippen LogP contribution in [0.3, 0.4) is 0 Å². The van der Waals surface area contributed by atoms with Crippen LogP contribution in [0.15, 0.2) is 24.3 Å². The minimum atomic E-state index is -3.52. The highest BCUT2D eigenvalue weighted by Crippen LogP contribution is 2.21. The van der Waals surface area contributed by atoms with Crippen LogP contribution < -0.4 is 11.1 Å². The number of hydrogen-bond donors (Lipinski definition) is 2. The van der Waals surface area contributed by atoms with Gasteiger partial charge in [-0.3, -0.25) is 4.79 Å². The van der Waals surface area contributed by atoms with Gasteiger partial charge in [0.05, 0.1) is 16.5 Å². The summed E-state index contributed by atoms with van der Waals surface area (Å²) in [6.45, 7) is 1.32. The van der Waals surface area contributed by atoms with Crippen molar-refractivity contribution >= 4 is 33.0 Å². The second-order valence-electron chi connectivity index (χ2n) is 3.77. The quantitative estimate of drug-likeness (QED) is 0.848. The van der Waals surface area contributed by atoms with Crippen molar-refractivity contribution in [2.24, 2.45) is 5.73 Å². The molecule has 7 heteroatoms. The van der Waals surface area contributed by atoms with Gasteiger partial charge >= 0.3 is 0 Å². The third-order valence-corrected chi connectivity index (χ3v) is 4.87. The van der Waals surface area contributed by atoms with Crippen LogP contribution in [0, 0.1) is 0 Å². The minimum absolute atomic E-state index is 0.00789. The van der Waals surface area contributed by atoms with Crippen LogP contribution in [0.25, 0.3) is 0 Å². The molecule has 1 amide bonds. The van der Waals surface area contributed by atoms with Gasteiger partial charge in [0.15, 0.2) is 9.84 Å². The van der Waals surface area contributed by atoms with Gasteiger partial charge in [0.2, 0.25) is 5.91 Å². The normalized spacial score (nSPS) is 13.1. The van der Waals surface area contributed by atoms with E-state index in [1.165, 1.54) is 6.92 Å². The number of benzene rings is 1. The maximum Gasteiger partial charge on any atom is 0.242 e. The van der Waals surface area contributed by atoms with Gasteiger partial charge in [-0.15, -0.1) is 0 Å². The Bertz CT molecular complexity index is 531. The Morgan fingerprint density at radius 2 is 2.06 bits per heavy atom. The Morgan fingerprint density at radius 3 is 2.61 bits per heavy atom. The van der Waals surface area contributed by atoms with Crippen molar-refractivity contribution in [3.8, 4) is 0 Å². The lowest BCUT2D eigenvalue weighted by molar-refractivity contribution is -0.115. The van der Waals surface area contributed by atoms with Crippen molar-refractivity contribution in [3.05, 3.63) is 29.3 Å². The molecule has 3 N–H and O–H groups in total. The lowest BCUT2D eigenvalue weighted by Gasteiger charge is -2.13. The maximum atomic E-state index is 11.8. The number of amides is 1. The number of rotatable bonds is 5. The Labute approximate surface area is 111 Å². The molecular weight excluding hydrogens is 276 g/mol. The number of hydrogen-bond acceptors (Lipinski definition) is 4. The number of sulfone groups is 1. The summed E-state index contributed by atoms with van der Waals surface area (Å²) in [5.41, 5.74) is 5.59. The van der Waals surface area contributed by atoms with Crippen molar-refractivity contribution in [3.63, 3.8) is 0 Å². The van der Waals surface area contributed by atoms with Crippen LogP contribution in [0.2, 0.25) is 5.02 Å². The maximum absolute atomic E-state index is 11.8. The zero-order valence-electron chi connectivity index (χ0n) is 9.89. The van der Waals surface area contributed by atoms with Gasteiger partial charge < -0.3 is 11.1 Å². The number of anilines is 1. The van der Waals surface area contributed by atoms with Gasteiger partial charge in [0.1, 0.15) is 5.25 Å². The molecule has 1 atom stereocenters. The number of carbonyl (C=O) groups is 1. The zero-order chi connectivity index (χ0) is 13.8. The average Bonchev–Trinajstić information content (AvgIpc) is 2.31. The van der Waals surface area contributed by atoms with Gasteiger partial charge in [-0.25, -0.2) is 8.42 Å². The first-order valence-electron chi connectivity index (χ1n) is 5.35. The number of nitrogens with two attached hydrogens (primary N) is 1. The van der Waals surface area contributed by atoms with Gasteiger partial charge in [0.25, 0.3) is 0 Å². The molecule has 0 radical (unpaired) electrons. The fraction of sp³-hybridized carbons (Fsp3) is 0.364. The second kappa shape index (κ2) is 6.17. The molecule has 0 heterocycles. The molecule has 1 aromatic rings. The van der Waals surface area contributed by atoms with E-state index in [9.17, 15) is 13.2 Å². The van der Waals surface area contributed by atoms with Gasteiger partial charge in [-0.1, -0.05) is 23.7 Å². The van der Waals surface area contributed by atoms with Crippen LogP contribution in [0.4, 0.5) is 5.69 Å². The highest BCUT2D eigenvalue weighted by molar-refractivity contribution is 7.92. The molecular formula is C11H15ClN2O3S. The molecule has 0 fully saturated rings. The van der Waals surface area contributed by atoms with E-state index in [1.807, 2.05) is 0 Å². The first kappa shape index (κ1) is 14.9. The molecule has 0 spiro atoms. The molecule has 1 aromatic carbocycles. The number of nitrogens with one attached hydrogen (secondary N) is 1. The predicted molar refractivity (Wildman–Crippen MR) is 72.4 cm³/mol. The van der Waals surface area contributed by atoms with E-state index in [-0.39, 0.29) is 12.3 Å². The predicted octanol–water partition coefficient (Wildman–Crippen LogP) is 1.04. The van der Waals surface area contributed by atoms with Crippen molar-refractivity contribution < 1.29 is 13.2 Å². The van der Waals surface area contributed by atoms with Crippen molar-refractivity contribution in [1.82, 2.24) is 0 Å². The Kier molecular flexibility index (Phi) is 5.13. The van der Waals surface area contributed by atoms with E-state index >= 15 is 0 Å². The van der Waals surface area contributed by atoms with Crippen LogP contribution in [-0.4, -0.2) is 31.9 Å². The fourth-order valence-electron chi connectivity index (χ4n) is 1.30. The van der Waals surface area contributed by atoms with E-state index in [0.717, 1.165) is 0 Å². The summed E-state index contributed by atoms with van der Waals surface area (Å²) < 4.78 is 23.3. The summed E-state index contributed by atoms with van der Waals surface area (Å²) in [6.07, 6.45) is 0. The van der Waals surface area contributed by atoms with Crippen molar-refractivity contribution in [2.75, 3.05) is 17.6 Å². The third-order valence-electron chi connectivity index (χ3n) is 2.44. The van der Waals surface area contributed by atoms with Crippen molar-refractivity contribution in [1.29, 1.82) is 0 Å². The molecule has 1 rings (SSSR count).